The first-order chi connectivity index (χ1) is 40.1. The molecule has 481 valence electrons. The quantitative estimate of drug-likeness (QED) is 0.0667. The standard InChI is InChI=1S/C17H20.C17H18.2C16H18.C16H17.2CH4.5Co/c2*1-14(16-9-5-3-6-10-16)13-15(2)17-11-7-4-8-12-17;3*1-14(16-10-6-3-7-11-16)12-13-15-8-4-2-5-9-15;;;;;;;/h3-12,14-15H,13H2,1-2H3;3-12,15H,1,13H2,2H3;2*2-11,14H,12-13H2,1H3;2-11,13-14H,12H2,1H3;2*1H4;;;;;/q;;;;-1;;;;;;;. The van der Waals surface area contributed by atoms with Crippen molar-refractivity contribution in [3.8, 4) is 0 Å². The van der Waals surface area contributed by atoms with Gasteiger partial charge >= 0.3 is 0 Å². The zero-order chi connectivity index (χ0) is 57.8. The molecule has 0 nitrogen and oxygen atoms in total. The van der Waals surface area contributed by atoms with E-state index in [0.29, 0.717) is 35.5 Å². The van der Waals surface area contributed by atoms with Gasteiger partial charge in [-0.3, -0.25) is 0 Å². The maximum Gasteiger partial charge on any atom is 0 e. The molecule has 0 heterocycles. The van der Waals surface area contributed by atoms with E-state index in [1.807, 2.05) is 6.07 Å². The second-order valence-corrected chi connectivity index (χ2v) is 22.2. The molecule has 10 rings (SSSR count). The van der Waals surface area contributed by atoms with Crippen LogP contribution in [0.5, 0.6) is 0 Å². The number of hydrogen-bond donors (Lipinski definition) is 0. The number of benzene rings is 10. The van der Waals surface area contributed by atoms with Crippen molar-refractivity contribution in [2.24, 2.45) is 0 Å². The van der Waals surface area contributed by atoms with Gasteiger partial charge in [-0.25, -0.2) is 0 Å². The van der Waals surface area contributed by atoms with Gasteiger partial charge in [0.25, 0.3) is 0 Å². The SMILES string of the molecule is C.C.C=C(CC(C)c1ccccc1)c1ccccc1.CC(CC(C)c1ccccc1)c1ccccc1.CC(CCc1ccccc1)c1ccccc1.CC(CCc1ccccc1)c1ccccc1.CC(C[CH-]c1ccccc1)c1ccccc1.[Co].[Co].[Co].[Co].[Co]. The molecule has 5 radical (unpaired) electrons. The van der Waals surface area contributed by atoms with Gasteiger partial charge in [0.15, 0.2) is 0 Å². The van der Waals surface area contributed by atoms with Crippen molar-refractivity contribution in [2.75, 3.05) is 0 Å². The van der Waals surface area contributed by atoms with Crippen LogP contribution in [0.2, 0.25) is 0 Å². The Labute approximate surface area is 593 Å². The maximum atomic E-state index is 4.19. The summed E-state index contributed by atoms with van der Waals surface area (Å²) in [6, 6.07) is 107. The molecule has 0 bridgehead atoms. The van der Waals surface area contributed by atoms with E-state index in [4.69, 9.17) is 0 Å². The topological polar surface area (TPSA) is 0 Å². The summed E-state index contributed by atoms with van der Waals surface area (Å²) in [5.74, 6) is 3.62. The molecule has 0 aliphatic rings. The van der Waals surface area contributed by atoms with Gasteiger partial charge in [0.2, 0.25) is 0 Å². The van der Waals surface area contributed by atoms with Crippen molar-refractivity contribution in [3.05, 3.63) is 372 Å². The molecular weight excluding hydrogens is 1300 g/mol. The van der Waals surface area contributed by atoms with Crippen molar-refractivity contribution in [3.63, 3.8) is 0 Å². The predicted octanol–water partition coefficient (Wildman–Crippen LogP) is 24.4. The number of rotatable bonds is 20. The first-order valence-electron chi connectivity index (χ1n) is 30.1. The summed E-state index contributed by atoms with van der Waals surface area (Å²) in [6.07, 6.45) is 10.4. The van der Waals surface area contributed by atoms with Crippen LogP contribution in [0, 0.1) is 6.42 Å². The van der Waals surface area contributed by atoms with Crippen molar-refractivity contribution in [2.45, 2.75) is 137 Å². The van der Waals surface area contributed by atoms with E-state index >= 15 is 0 Å². The third-order valence-electron chi connectivity index (χ3n) is 15.6. The molecule has 0 aliphatic carbocycles. The monoisotopic (exact) mass is 1400 g/mol. The van der Waals surface area contributed by atoms with Gasteiger partial charge in [-0.2, -0.15) is 24.1 Å². The normalized spacial score (nSPS) is 11.6. The number of aryl methyl sites for hydroxylation is 2. The Hall–Kier alpha value is -5.66. The third kappa shape index (κ3) is 33.8. The second kappa shape index (κ2) is 51.0. The molecule has 0 saturated carbocycles. The Bertz CT molecular complexity index is 2910. The Kier molecular flexibility index (Phi) is 49.0. The average molecular weight is 1400 g/mol. The summed E-state index contributed by atoms with van der Waals surface area (Å²) >= 11 is 0. The van der Waals surface area contributed by atoms with Gasteiger partial charge in [-0.1, -0.05) is 348 Å². The zero-order valence-corrected chi connectivity index (χ0v) is 56.9. The fourth-order valence-corrected chi connectivity index (χ4v) is 10.2. The number of hydrogen-bond acceptors (Lipinski definition) is 0. The maximum absolute atomic E-state index is 4.19. The van der Waals surface area contributed by atoms with Crippen LogP contribution in [0.3, 0.4) is 0 Å². The van der Waals surface area contributed by atoms with E-state index in [9.17, 15) is 0 Å². The predicted molar refractivity (Wildman–Crippen MR) is 371 cm³/mol. The first kappa shape index (κ1) is 85.4. The largest absolute Gasteiger partial charge is 0.192 e. The van der Waals surface area contributed by atoms with Gasteiger partial charge < -0.3 is 0 Å². The van der Waals surface area contributed by atoms with Crippen LogP contribution in [0.15, 0.2) is 310 Å². The smallest absolute Gasteiger partial charge is 0 e. The molecule has 5 heteroatoms. The van der Waals surface area contributed by atoms with E-state index in [0.717, 1.165) is 25.7 Å². The fourth-order valence-electron chi connectivity index (χ4n) is 10.2. The summed E-state index contributed by atoms with van der Waals surface area (Å²) in [7, 11) is 0. The van der Waals surface area contributed by atoms with Gasteiger partial charge in [-0.05, 0) is 130 Å². The van der Waals surface area contributed by atoms with E-state index < -0.39 is 0 Å². The summed E-state index contributed by atoms with van der Waals surface area (Å²) in [5.41, 5.74) is 15.2. The molecule has 89 heavy (non-hydrogen) atoms. The molecule has 6 atom stereocenters. The minimum Gasteiger partial charge on any atom is -0.192 e. The average Bonchev–Trinajstić information content (AvgIpc) is 3.59. The summed E-state index contributed by atoms with van der Waals surface area (Å²) < 4.78 is 0. The minimum absolute atomic E-state index is 0. The fraction of sp³-hybridized carbons (Fsp3) is 0.250. The zero-order valence-electron chi connectivity index (χ0n) is 51.7. The van der Waals surface area contributed by atoms with Crippen LogP contribution >= 0.6 is 0 Å². The van der Waals surface area contributed by atoms with Crippen LogP contribution in [-0.4, -0.2) is 0 Å². The molecule has 0 aromatic heterocycles. The molecule has 10 aromatic carbocycles. The van der Waals surface area contributed by atoms with Crippen LogP contribution in [0.1, 0.15) is 180 Å². The molecule has 10 aromatic rings. The minimum atomic E-state index is 0. The molecule has 0 saturated heterocycles. The van der Waals surface area contributed by atoms with E-state index in [1.165, 1.54) is 80.5 Å². The summed E-state index contributed by atoms with van der Waals surface area (Å²) in [4.78, 5) is 0. The van der Waals surface area contributed by atoms with Crippen LogP contribution < -0.4 is 0 Å². The van der Waals surface area contributed by atoms with E-state index in [-0.39, 0.29) is 98.7 Å². The molecule has 0 amide bonds. The molecular formula is C84H99Co5-. The van der Waals surface area contributed by atoms with E-state index in [2.05, 4.69) is 352 Å². The van der Waals surface area contributed by atoms with Crippen LogP contribution in [-0.2, 0) is 96.7 Å². The van der Waals surface area contributed by atoms with Gasteiger partial charge in [0, 0.05) is 83.9 Å². The first-order valence-corrected chi connectivity index (χ1v) is 30.1. The van der Waals surface area contributed by atoms with Crippen molar-refractivity contribution in [1.29, 1.82) is 0 Å². The summed E-state index contributed by atoms with van der Waals surface area (Å²) in [5, 5.41) is 0. The van der Waals surface area contributed by atoms with Gasteiger partial charge in [0.05, 0.1) is 0 Å². The van der Waals surface area contributed by atoms with Crippen molar-refractivity contribution < 1.29 is 83.9 Å². The third-order valence-corrected chi connectivity index (χ3v) is 15.6. The molecule has 0 aliphatic heterocycles. The Morgan fingerprint density at radius 2 is 0.528 bits per heavy atom. The summed E-state index contributed by atoms with van der Waals surface area (Å²) in [6.45, 7) is 18.0. The second-order valence-electron chi connectivity index (χ2n) is 22.2. The molecule has 6 unspecified atom stereocenters. The van der Waals surface area contributed by atoms with Crippen molar-refractivity contribution in [1.82, 2.24) is 0 Å². The van der Waals surface area contributed by atoms with Crippen molar-refractivity contribution >= 4 is 5.57 Å². The molecule has 0 N–H and O–H groups in total. The van der Waals surface area contributed by atoms with Crippen LogP contribution in [0.4, 0.5) is 0 Å². The van der Waals surface area contributed by atoms with Gasteiger partial charge in [0.1, 0.15) is 0 Å². The Morgan fingerprint density at radius 3 is 0.831 bits per heavy atom. The number of allylic oxidation sites excluding steroid dienone is 1. The van der Waals surface area contributed by atoms with Gasteiger partial charge in [-0.15, -0.1) is 12.1 Å². The Balaban J connectivity index is 0. The van der Waals surface area contributed by atoms with E-state index in [1.54, 1.807) is 0 Å². The molecule has 0 spiro atoms. The van der Waals surface area contributed by atoms with Crippen LogP contribution in [0.25, 0.3) is 5.57 Å². The Morgan fingerprint density at radius 1 is 0.292 bits per heavy atom. The molecule has 0 fully saturated rings.